The van der Waals surface area contributed by atoms with Crippen LogP contribution < -0.4 is 9.64 Å². The van der Waals surface area contributed by atoms with Gasteiger partial charge in [-0.15, -0.1) is 0 Å². The topological polar surface area (TPSA) is 55.3 Å². The van der Waals surface area contributed by atoms with Crippen LogP contribution in [-0.4, -0.2) is 29.0 Å². The molecule has 1 amide bonds. The fourth-order valence-electron chi connectivity index (χ4n) is 2.49. The zero-order valence-corrected chi connectivity index (χ0v) is 11.5. The highest BCUT2D eigenvalue weighted by Crippen LogP contribution is 2.36. The molecule has 0 fully saturated rings. The number of carbonyl (C=O) groups is 1. The van der Waals surface area contributed by atoms with Crippen LogP contribution >= 0.6 is 0 Å². The first kappa shape index (κ1) is 12.6. The lowest BCUT2D eigenvalue weighted by Crippen LogP contribution is -2.39. The number of anilines is 1. The number of fused-ring (bicyclic) bond motifs is 1. The summed E-state index contributed by atoms with van der Waals surface area (Å²) in [5.41, 5.74) is 3.32. The van der Waals surface area contributed by atoms with Crippen LogP contribution in [0.2, 0.25) is 0 Å². The third kappa shape index (κ3) is 2.11. The smallest absolute Gasteiger partial charge is 0.278 e. The summed E-state index contributed by atoms with van der Waals surface area (Å²) in [6, 6.07) is 4.00. The van der Waals surface area contributed by atoms with Gasteiger partial charge in [0.15, 0.2) is 0 Å². The van der Waals surface area contributed by atoms with Crippen LogP contribution in [-0.2, 0) is 0 Å². The molecule has 1 aromatic heterocycles. The van der Waals surface area contributed by atoms with Crippen LogP contribution in [0.4, 0.5) is 5.69 Å². The van der Waals surface area contributed by atoms with Crippen molar-refractivity contribution in [3.63, 3.8) is 0 Å². The number of aromatic nitrogens is 2. The van der Waals surface area contributed by atoms with Crippen molar-refractivity contribution in [3.05, 3.63) is 47.5 Å². The van der Waals surface area contributed by atoms with Crippen LogP contribution in [0.5, 0.6) is 5.75 Å². The van der Waals surface area contributed by atoms with Crippen LogP contribution in [0.25, 0.3) is 0 Å². The summed E-state index contributed by atoms with van der Waals surface area (Å²) in [6.07, 6.45) is 4.57. The number of benzene rings is 1. The van der Waals surface area contributed by atoms with Crippen molar-refractivity contribution in [2.24, 2.45) is 0 Å². The van der Waals surface area contributed by atoms with Gasteiger partial charge in [-0.05, 0) is 31.0 Å². The average molecular weight is 269 g/mol. The summed E-state index contributed by atoms with van der Waals surface area (Å²) < 4.78 is 5.67. The number of hydrogen-bond acceptors (Lipinski definition) is 4. The molecule has 0 radical (unpaired) electrons. The van der Waals surface area contributed by atoms with Gasteiger partial charge in [0, 0.05) is 12.4 Å². The first-order chi connectivity index (χ1) is 9.66. The van der Waals surface area contributed by atoms with Crippen LogP contribution in [0.15, 0.2) is 30.7 Å². The Kier molecular flexibility index (Phi) is 3.10. The monoisotopic (exact) mass is 269 g/mol. The van der Waals surface area contributed by atoms with E-state index in [1.54, 1.807) is 11.1 Å². The Morgan fingerprint density at radius 2 is 2.15 bits per heavy atom. The third-order valence-electron chi connectivity index (χ3n) is 3.28. The van der Waals surface area contributed by atoms with Crippen LogP contribution in [0, 0.1) is 13.8 Å². The van der Waals surface area contributed by atoms with Crippen molar-refractivity contribution in [2.45, 2.75) is 13.8 Å². The molecule has 1 aliphatic rings. The fraction of sp³-hybridized carbons (Fsp3) is 0.267. The Labute approximate surface area is 117 Å². The normalized spacial score (nSPS) is 13.6. The van der Waals surface area contributed by atoms with E-state index < -0.39 is 0 Å². The summed E-state index contributed by atoms with van der Waals surface area (Å²) >= 11 is 0. The lowest BCUT2D eigenvalue weighted by molar-refractivity contribution is 0.0971. The summed E-state index contributed by atoms with van der Waals surface area (Å²) in [6.45, 7) is 5.01. The first-order valence-corrected chi connectivity index (χ1v) is 6.49. The highest BCUT2D eigenvalue weighted by molar-refractivity contribution is 6.06. The SMILES string of the molecule is Cc1cc(C)c2c(c1)OCCN2C(=O)c1cnccn1. The maximum atomic E-state index is 12.6. The van der Waals surface area contributed by atoms with E-state index in [-0.39, 0.29) is 5.91 Å². The Morgan fingerprint density at radius 1 is 1.30 bits per heavy atom. The molecule has 5 nitrogen and oxygen atoms in total. The second-order valence-electron chi connectivity index (χ2n) is 4.82. The van der Waals surface area contributed by atoms with Gasteiger partial charge >= 0.3 is 0 Å². The highest BCUT2D eigenvalue weighted by Gasteiger charge is 2.27. The number of amides is 1. The summed E-state index contributed by atoms with van der Waals surface area (Å²) in [5, 5.41) is 0. The van der Waals surface area contributed by atoms with E-state index in [4.69, 9.17) is 4.74 Å². The van der Waals surface area contributed by atoms with Crippen molar-refractivity contribution >= 4 is 11.6 Å². The number of hydrogen-bond donors (Lipinski definition) is 0. The Hall–Kier alpha value is -2.43. The minimum Gasteiger partial charge on any atom is -0.490 e. The molecule has 0 atom stereocenters. The van der Waals surface area contributed by atoms with Gasteiger partial charge in [-0.25, -0.2) is 4.98 Å². The van der Waals surface area contributed by atoms with E-state index in [9.17, 15) is 4.79 Å². The molecule has 0 spiro atoms. The molecule has 2 heterocycles. The van der Waals surface area contributed by atoms with E-state index in [1.165, 1.54) is 12.4 Å². The van der Waals surface area contributed by atoms with Gasteiger partial charge in [0.1, 0.15) is 18.1 Å². The Morgan fingerprint density at radius 3 is 2.90 bits per heavy atom. The first-order valence-electron chi connectivity index (χ1n) is 6.49. The minimum atomic E-state index is -0.144. The van der Waals surface area contributed by atoms with Crippen LogP contribution in [0.1, 0.15) is 21.6 Å². The molecule has 0 unspecified atom stereocenters. The van der Waals surface area contributed by atoms with E-state index in [1.807, 2.05) is 26.0 Å². The Bertz CT molecular complexity index is 656. The molecule has 0 saturated carbocycles. The second-order valence-corrected chi connectivity index (χ2v) is 4.82. The summed E-state index contributed by atoms with van der Waals surface area (Å²) in [5.74, 6) is 0.612. The molecular weight excluding hydrogens is 254 g/mol. The maximum Gasteiger partial charge on any atom is 0.278 e. The van der Waals surface area contributed by atoms with Gasteiger partial charge in [-0.1, -0.05) is 6.07 Å². The zero-order valence-electron chi connectivity index (χ0n) is 11.5. The molecule has 0 N–H and O–H groups in total. The van der Waals surface area contributed by atoms with E-state index in [0.29, 0.717) is 18.8 Å². The summed E-state index contributed by atoms with van der Waals surface area (Å²) in [4.78, 5) is 22.3. The predicted octanol–water partition coefficient (Wildman–Crippen LogP) is 2.13. The predicted molar refractivity (Wildman–Crippen MR) is 75.1 cm³/mol. The number of carbonyl (C=O) groups excluding carboxylic acids is 1. The quantitative estimate of drug-likeness (QED) is 0.796. The van der Waals surface area contributed by atoms with Gasteiger partial charge in [0.2, 0.25) is 0 Å². The largest absolute Gasteiger partial charge is 0.490 e. The molecule has 3 rings (SSSR count). The molecule has 2 aromatic rings. The maximum absolute atomic E-state index is 12.6. The second kappa shape index (κ2) is 4.92. The summed E-state index contributed by atoms with van der Waals surface area (Å²) in [7, 11) is 0. The minimum absolute atomic E-state index is 0.144. The van der Waals surface area contributed by atoms with Gasteiger partial charge in [0.05, 0.1) is 18.4 Å². The molecule has 20 heavy (non-hydrogen) atoms. The highest BCUT2D eigenvalue weighted by atomic mass is 16.5. The van der Waals surface area contributed by atoms with E-state index in [2.05, 4.69) is 9.97 Å². The molecule has 5 heteroatoms. The van der Waals surface area contributed by atoms with Gasteiger partial charge in [-0.3, -0.25) is 14.7 Å². The van der Waals surface area contributed by atoms with Crippen molar-refractivity contribution in [1.82, 2.24) is 9.97 Å². The third-order valence-corrected chi connectivity index (χ3v) is 3.28. The molecule has 1 aliphatic heterocycles. The van der Waals surface area contributed by atoms with Gasteiger partial charge < -0.3 is 4.74 Å². The lowest BCUT2D eigenvalue weighted by Gasteiger charge is -2.31. The molecule has 0 aliphatic carbocycles. The number of ether oxygens (including phenoxy) is 1. The standard InChI is InChI=1S/C15H15N3O2/c1-10-7-11(2)14-13(8-10)20-6-5-18(14)15(19)12-9-16-3-4-17-12/h3-4,7-9H,5-6H2,1-2H3. The lowest BCUT2D eigenvalue weighted by atomic mass is 10.1. The molecular formula is C15H15N3O2. The van der Waals surface area contributed by atoms with Crippen molar-refractivity contribution in [3.8, 4) is 5.75 Å². The van der Waals surface area contributed by atoms with Gasteiger partial charge in [0.25, 0.3) is 5.91 Å². The fourth-order valence-corrected chi connectivity index (χ4v) is 2.49. The zero-order chi connectivity index (χ0) is 14.1. The molecule has 0 saturated heterocycles. The van der Waals surface area contributed by atoms with Gasteiger partial charge in [-0.2, -0.15) is 0 Å². The molecule has 0 bridgehead atoms. The van der Waals surface area contributed by atoms with E-state index in [0.717, 1.165) is 22.6 Å². The van der Waals surface area contributed by atoms with E-state index >= 15 is 0 Å². The average Bonchev–Trinajstić information content (AvgIpc) is 2.46. The molecule has 1 aromatic carbocycles. The van der Waals surface area contributed by atoms with Crippen molar-refractivity contribution in [2.75, 3.05) is 18.1 Å². The Balaban J connectivity index is 2.04. The number of nitrogens with zero attached hydrogens (tertiary/aromatic N) is 3. The molecule has 102 valence electrons. The van der Waals surface area contributed by atoms with Crippen LogP contribution in [0.3, 0.4) is 0 Å². The van der Waals surface area contributed by atoms with Crippen molar-refractivity contribution < 1.29 is 9.53 Å². The van der Waals surface area contributed by atoms with Crippen molar-refractivity contribution in [1.29, 1.82) is 0 Å². The number of aryl methyl sites for hydroxylation is 2. The number of rotatable bonds is 1.